The van der Waals surface area contributed by atoms with Crippen molar-refractivity contribution in [2.45, 2.75) is 18.3 Å². The molecule has 0 radical (unpaired) electrons. The van der Waals surface area contributed by atoms with Gasteiger partial charge in [-0.1, -0.05) is 164 Å². The van der Waals surface area contributed by atoms with Gasteiger partial charge in [-0.2, -0.15) is 0 Å². The molecule has 2 aromatic heterocycles. The first-order valence-corrected chi connectivity index (χ1v) is 23.3. The van der Waals surface area contributed by atoms with Crippen LogP contribution in [0.1, 0.15) is 51.8 Å². The van der Waals surface area contributed by atoms with Gasteiger partial charge < -0.3 is 4.42 Å². The highest BCUT2D eigenvalue weighted by molar-refractivity contribution is 7.25. The van der Waals surface area contributed by atoms with Crippen molar-refractivity contribution in [1.29, 1.82) is 0 Å². The average molecular weight is 847 g/mol. The fourth-order valence-corrected chi connectivity index (χ4v) is 12.3. The highest BCUT2D eigenvalue weighted by Gasteiger charge is 2.51. The molecule has 304 valence electrons. The SMILES string of the molecule is C1=C(c2ccc3sc4ccccc4c3c2)N=C(c2cccc3oc4ccc(-c5ccc6c(c5)-c5ccccc5C65c6ccccc6-c6ccccc65)cc4c23)N=C(c2ccccc2)CC1. The minimum atomic E-state index is -0.370. The number of furan rings is 1. The molecule has 0 bridgehead atoms. The number of rotatable bonds is 4. The van der Waals surface area contributed by atoms with E-state index in [9.17, 15) is 0 Å². The Morgan fingerprint density at radius 1 is 0.415 bits per heavy atom. The Bertz CT molecular complexity index is 3850. The molecule has 3 heterocycles. The highest BCUT2D eigenvalue weighted by atomic mass is 32.1. The number of amidine groups is 1. The summed E-state index contributed by atoms with van der Waals surface area (Å²) in [6, 6.07) is 73.0. The van der Waals surface area contributed by atoms with Crippen molar-refractivity contribution < 1.29 is 4.42 Å². The van der Waals surface area contributed by atoms with Gasteiger partial charge in [-0.15, -0.1) is 11.3 Å². The summed E-state index contributed by atoms with van der Waals surface area (Å²) in [5.74, 6) is 0.681. The molecule has 4 heteroatoms. The van der Waals surface area contributed by atoms with E-state index in [1.54, 1.807) is 0 Å². The fraction of sp³-hybridized carbons (Fsp3) is 0.0492. The third-order valence-electron chi connectivity index (χ3n) is 14.0. The molecule has 0 amide bonds. The van der Waals surface area contributed by atoms with Gasteiger partial charge in [0.15, 0.2) is 5.84 Å². The van der Waals surface area contributed by atoms with Crippen molar-refractivity contribution in [3.05, 3.63) is 245 Å². The fourth-order valence-electron chi connectivity index (χ4n) is 11.2. The van der Waals surface area contributed by atoms with Gasteiger partial charge in [0.25, 0.3) is 0 Å². The molecule has 0 atom stereocenters. The number of hydrogen-bond acceptors (Lipinski definition) is 4. The van der Waals surface area contributed by atoms with E-state index in [-0.39, 0.29) is 5.41 Å². The van der Waals surface area contributed by atoms with Gasteiger partial charge >= 0.3 is 0 Å². The Kier molecular flexibility index (Phi) is 7.90. The molecule has 0 saturated carbocycles. The number of nitrogens with zero attached hydrogens (tertiary/aromatic N) is 2. The van der Waals surface area contributed by atoms with Crippen LogP contribution in [-0.2, 0) is 5.41 Å². The average Bonchev–Trinajstić information content (AvgIpc) is 4.09. The molecule has 65 heavy (non-hydrogen) atoms. The molecule has 9 aromatic carbocycles. The van der Waals surface area contributed by atoms with Gasteiger partial charge in [-0.25, -0.2) is 9.98 Å². The number of fused-ring (bicyclic) bond motifs is 16. The van der Waals surface area contributed by atoms with Gasteiger partial charge in [0.05, 0.1) is 16.8 Å². The maximum absolute atomic E-state index is 6.67. The smallest absolute Gasteiger partial charge is 0.160 e. The minimum Gasteiger partial charge on any atom is -0.456 e. The summed E-state index contributed by atoms with van der Waals surface area (Å²) >= 11 is 1.84. The molecule has 0 fully saturated rings. The molecule has 1 spiro atoms. The monoisotopic (exact) mass is 846 g/mol. The van der Waals surface area contributed by atoms with E-state index in [4.69, 9.17) is 14.4 Å². The molecule has 11 aromatic rings. The minimum absolute atomic E-state index is 0.370. The van der Waals surface area contributed by atoms with Crippen LogP contribution in [0.4, 0.5) is 0 Å². The van der Waals surface area contributed by atoms with E-state index in [1.165, 1.54) is 64.7 Å². The molecule has 14 rings (SSSR count). The van der Waals surface area contributed by atoms with Crippen molar-refractivity contribution in [2.75, 3.05) is 0 Å². The first-order chi connectivity index (χ1) is 32.2. The zero-order chi connectivity index (χ0) is 42.6. The van der Waals surface area contributed by atoms with E-state index in [1.807, 2.05) is 11.3 Å². The maximum atomic E-state index is 6.67. The molecule has 3 nitrogen and oxygen atoms in total. The van der Waals surface area contributed by atoms with E-state index in [0.29, 0.717) is 5.84 Å². The largest absolute Gasteiger partial charge is 0.456 e. The molecule has 0 unspecified atom stereocenters. The second-order valence-electron chi connectivity index (χ2n) is 17.4. The summed E-state index contributed by atoms with van der Waals surface area (Å²) in [7, 11) is 0. The van der Waals surface area contributed by atoms with Crippen LogP contribution >= 0.6 is 11.3 Å². The zero-order valence-electron chi connectivity index (χ0n) is 35.3. The number of aliphatic imine (C=N–C) groups is 2. The van der Waals surface area contributed by atoms with Gasteiger partial charge in [-0.3, -0.25) is 0 Å². The Hall–Kier alpha value is -7.92. The van der Waals surface area contributed by atoms with E-state index >= 15 is 0 Å². The van der Waals surface area contributed by atoms with E-state index < -0.39 is 0 Å². The Morgan fingerprint density at radius 2 is 1.03 bits per heavy atom. The number of benzene rings is 9. The van der Waals surface area contributed by atoms with Gasteiger partial charge in [0, 0.05) is 42.1 Å². The van der Waals surface area contributed by atoms with Crippen molar-refractivity contribution in [1.82, 2.24) is 0 Å². The first-order valence-electron chi connectivity index (χ1n) is 22.4. The highest BCUT2D eigenvalue weighted by Crippen LogP contribution is 2.63. The third-order valence-corrected chi connectivity index (χ3v) is 15.2. The van der Waals surface area contributed by atoms with Crippen molar-refractivity contribution in [3.8, 4) is 33.4 Å². The lowest BCUT2D eigenvalue weighted by atomic mass is 9.70. The third kappa shape index (κ3) is 5.35. The first kappa shape index (κ1) is 36.6. The Balaban J connectivity index is 0.940. The summed E-state index contributed by atoms with van der Waals surface area (Å²) in [6.45, 7) is 0. The van der Waals surface area contributed by atoms with Gasteiger partial charge in [0.1, 0.15) is 11.2 Å². The summed E-state index contributed by atoms with van der Waals surface area (Å²) in [6.07, 6.45) is 3.91. The number of hydrogen-bond donors (Lipinski definition) is 0. The van der Waals surface area contributed by atoms with Crippen LogP contribution in [0.15, 0.2) is 221 Å². The molecule has 1 aliphatic heterocycles. The van der Waals surface area contributed by atoms with Crippen LogP contribution in [0.25, 0.3) is 81.2 Å². The quantitative estimate of drug-likeness (QED) is 0.174. The number of allylic oxidation sites excluding steroid dienone is 1. The Morgan fingerprint density at radius 3 is 1.83 bits per heavy atom. The molecule has 2 aliphatic carbocycles. The molecular formula is C61H38N2OS. The predicted molar refractivity (Wildman–Crippen MR) is 272 cm³/mol. The maximum Gasteiger partial charge on any atom is 0.160 e. The summed E-state index contributed by atoms with van der Waals surface area (Å²) in [4.78, 5) is 11.0. The van der Waals surface area contributed by atoms with E-state index in [2.05, 4.69) is 206 Å². The zero-order valence-corrected chi connectivity index (χ0v) is 36.1. The normalized spacial score (nSPS) is 14.7. The van der Waals surface area contributed by atoms with Crippen LogP contribution in [0.3, 0.4) is 0 Å². The van der Waals surface area contributed by atoms with Crippen molar-refractivity contribution in [3.63, 3.8) is 0 Å². The molecule has 3 aliphatic rings. The van der Waals surface area contributed by atoms with Crippen LogP contribution in [0, 0.1) is 0 Å². The Labute approximate surface area is 380 Å². The van der Waals surface area contributed by atoms with Crippen LogP contribution in [0.5, 0.6) is 0 Å². The molecular weight excluding hydrogens is 809 g/mol. The predicted octanol–water partition coefficient (Wildman–Crippen LogP) is 16.0. The summed E-state index contributed by atoms with van der Waals surface area (Å²) < 4.78 is 9.24. The van der Waals surface area contributed by atoms with Crippen molar-refractivity contribution >= 4 is 70.7 Å². The summed E-state index contributed by atoms with van der Waals surface area (Å²) in [5.41, 5.74) is 19.3. The molecule has 0 N–H and O–H groups in total. The molecule has 0 saturated heterocycles. The second kappa shape index (κ2) is 14.0. The van der Waals surface area contributed by atoms with Crippen molar-refractivity contribution in [2.24, 2.45) is 9.98 Å². The van der Waals surface area contributed by atoms with Gasteiger partial charge in [0.2, 0.25) is 0 Å². The van der Waals surface area contributed by atoms with Crippen LogP contribution < -0.4 is 0 Å². The topological polar surface area (TPSA) is 37.9 Å². The lowest BCUT2D eigenvalue weighted by Gasteiger charge is -2.30. The van der Waals surface area contributed by atoms with E-state index in [0.717, 1.165) is 74.0 Å². The standard InChI is InChI=1S/C61H38N2OS/c1-2-14-37(15-3-1)53-24-13-25-54(40-30-33-58-47(36-40)44-19-7-11-27-57(44)65-58)63-60(62-53)45-20-12-26-56-59(45)48-35-39(29-32-55(48)64-56)38-28-31-52-46(34-38)43-18-6-10-23-51(43)61(52)49-21-8-4-16-41(49)42-17-5-9-22-50(42)61/h1-12,14-23,25-36H,13,24H2. The number of thiophene rings is 1. The van der Waals surface area contributed by atoms with Crippen LogP contribution in [0.2, 0.25) is 0 Å². The second-order valence-corrected chi connectivity index (χ2v) is 18.5. The van der Waals surface area contributed by atoms with Gasteiger partial charge in [-0.05, 0) is 117 Å². The lowest BCUT2D eigenvalue weighted by Crippen LogP contribution is -2.25. The lowest BCUT2D eigenvalue weighted by molar-refractivity contribution is 0.669. The van der Waals surface area contributed by atoms with Crippen LogP contribution in [-0.4, -0.2) is 11.5 Å². The summed E-state index contributed by atoms with van der Waals surface area (Å²) in [5, 5.41) is 4.60.